The summed E-state index contributed by atoms with van der Waals surface area (Å²) in [6.45, 7) is 2.12. The molecular weight excluding hydrogens is 435 g/mol. The summed E-state index contributed by atoms with van der Waals surface area (Å²) < 4.78 is 24.2. The van der Waals surface area contributed by atoms with Crippen LogP contribution in [0.2, 0.25) is 0 Å². The number of carbonyl (C=O) groups excluding carboxylic acids is 2. The van der Waals surface area contributed by atoms with Gasteiger partial charge in [-0.15, -0.1) is 0 Å². The molecular formula is C27H25FN2O4. The predicted molar refractivity (Wildman–Crippen MR) is 128 cm³/mol. The van der Waals surface area contributed by atoms with E-state index in [0.29, 0.717) is 23.4 Å². The van der Waals surface area contributed by atoms with Crippen molar-refractivity contribution in [3.63, 3.8) is 0 Å². The van der Waals surface area contributed by atoms with Crippen LogP contribution in [-0.2, 0) is 16.0 Å². The monoisotopic (exact) mass is 460 g/mol. The number of amides is 2. The van der Waals surface area contributed by atoms with Crippen molar-refractivity contribution in [2.75, 3.05) is 26.1 Å². The molecule has 2 amide bonds. The van der Waals surface area contributed by atoms with Crippen LogP contribution in [0.25, 0.3) is 5.57 Å². The van der Waals surface area contributed by atoms with Gasteiger partial charge in [0.25, 0.3) is 11.8 Å². The largest absolute Gasteiger partial charge is 0.497 e. The third-order valence-corrected chi connectivity index (χ3v) is 5.70. The summed E-state index contributed by atoms with van der Waals surface area (Å²) in [4.78, 5) is 28.1. The molecule has 0 saturated carbocycles. The van der Waals surface area contributed by atoms with E-state index in [-0.39, 0.29) is 17.8 Å². The van der Waals surface area contributed by atoms with Crippen molar-refractivity contribution in [2.45, 2.75) is 13.3 Å². The summed E-state index contributed by atoms with van der Waals surface area (Å²) in [6.07, 6.45) is 0.485. The van der Waals surface area contributed by atoms with Crippen LogP contribution in [0.3, 0.4) is 0 Å². The van der Waals surface area contributed by atoms with Crippen LogP contribution in [0, 0.1) is 12.7 Å². The van der Waals surface area contributed by atoms with Crippen LogP contribution in [0.15, 0.2) is 72.4 Å². The van der Waals surface area contributed by atoms with Crippen molar-refractivity contribution < 1.29 is 23.5 Å². The molecule has 34 heavy (non-hydrogen) atoms. The molecule has 0 aromatic heterocycles. The minimum absolute atomic E-state index is 0.134. The number of aryl methyl sites for hydroxylation is 1. The smallest absolute Gasteiger partial charge is 0.278 e. The zero-order valence-electron chi connectivity index (χ0n) is 19.2. The highest BCUT2D eigenvalue weighted by atomic mass is 19.1. The fourth-order valence-electron chi connectivity index (χ4n) is 3.87. The number of hydrogen-bond donors (Lipinski definition) is 1. The Balaban J connectivity index is 1.67. The highest BCUT2D eigenvalue weighted by Crippen LogP contribution is 2.34. The fourth-order valence-corrected chi connectivity index (χ4v) is 3.87. The number of anilines is 1. The van der Waals surface area contributed by atoms with Gasteiger partial charge in [0.2, 0.25) is 0 Å². The van der Waals surface area contributed by atoms with Gasteiger partial charge in [-0.25, -0.2) is 4.39 Å². The lowest BCUT2D eigenvalue weighted by Gasteiger charge is -2.16. The van der Waals surface area contributed by atoms with Crippen LogP contribution in [-0.4, -0.2) is 37.5 Å². The maximum absolute atomic E-state index is 13.6. The van der Waals surface area contributed by atoms with E-state index in [1.54, 1.807) is 13.2 Å². The quantitative estimate of drug-likeness (QED) is 0.498. The number of methoxy groups -OCH3 is 2. The Labute approximate surface area is 197 Å². The molecule has 0 bridgehead atoms. The second-order valence-corrected chi connectivity index (χ2v) is 7.95. The minimum Gasteiger partial charge on any atom is -0.497 e. The second kappa shape index (κ2) is 9.79. The van der Waals surface area contributed by atoms with Crippen LogP contribution in [0.1, 0.15) is 16.7 Å². The first-order valence-corrected chi connectivity index (χ1v) is 10.8. The van der Waals surface area contributed by atoms with E-state index in [2.05, 4.69) is 5.32 Å². The van der Waals surface area contributed by atoms with Gasteiger partial charge in [-0.05, 0) is 66.4 Å². The molecule has 0 fully saturated rings. The normalized spacial score (nSPS) is 13.5. The van der Waals surface area contributed by atoms with E-state index in [1.165, 1.54) is 36.3 Å². The van der Waals surface area contributed by atoms with Crippen molar-refractivity contribution in [1.29, 1.82) is 0 Å². The topological polar surface area (TPSA) is 67.9 Å². The van der Waals surface area contributed by atoms with Crippen LogP contribution >= 0.6 is 0 Å². The van der Waals surface area contributed by atoms with E-state index in [4.69, 9.17) is 9.47 Å². The Hall–Kier alpha value is -4.13. The standard InChI is InChI=1S/C27H25FN2O4/c1-17-4-13-23(34-3)22(16-17)29-25-24(19-7-9-20(28)10-8-19)26(31)30(27(25)32)15-14-18-5-11-21(33-2)12-6-18/h4-13,16,29H,14-15H2,1-3H3. The summed E-state index contributed by atoms with van der Waals surface area (Å²) in [7, 11) is 3.13. The summed E-state index contributed by atoms with van der Waals surface area (Å²) in [6, 6.07) is 18.5. The van der Waals surface area contributed by atoms with Gasteiger partial charge >= 0.3 is 0 Å². The van der Waals surface area contributed by atoms with Gasteiger partial charge in [-0.1, -0.05) is 30.3 Å². The van der Waals surface area contributed by atoms with Gasteiger partial charge in [-0.2, -0.15) is 0 Å². The molecule has 1 aliphatic rings. The summed E-state index contributed by atoms with van der Waals surface area (Å²) in [5.74, 6) is -0.0302. The van der Waals surface area contributed by atoms with Crippen LogP contribution < -0.4 is 14.8 Å². The first-order valence-electron chi connectivity index (χ1n) is 10.8. The molecule has 1 aliphatic heterocycles. The number of ether oxygens (including phenoxy) is 2. The van der Waals surface area contributed by atoms with Crippen molar-refractivity contribution in [3.05, 3.63) is 94.9 Å². The van der Waals surface area contributed by atoms with E-state index < -0.39 is 17.6 Å². The molecule has 7 heteroatoms. The first kappa shape index (κ1) is 23.0. The molecule has 1 N–H and O–H groups in total. The second-order valence-electron chi connectivity index (χ2n) is 7.95. The van der Waals surface area contributed by atoms with E-state index in [0.717, 1.165) is 16.9 Å². The number of nitrogens with one attached hydrogen (secondary N) is 1. The Morgan fingerprint density at radius 3 is 2.24 bits per heavy atom. The van der Waals surface area contributed by atoms with E-state index in [1.807, 2.05) is 43.3 Å². The molecule has 174 valence electrons. The van der Waals surface area contributed by atoms with Crippen LogP contribution in [0.5, 0.6) is 11.5 Å². The summed E-state index contributed by atoms with van der Waals surface area (Å²) in [5, 5.41) is 3.12. The van der Waals surface area contributed by atoms with Gasteiger partial charge in [-0.3, -0.25) is 14.5 Å². The maximum Gasteiger partial charge on any atom is 0.278 e. The lowest BCUT2D eigenvalue weighted by atomic mass is 10.0. The average molecular weight is 461 g/mol. The third-order valence-electron chi connectivity index (χ3n) is 5.70. The number of imide groups is 1. The molecule has 0 spiro atoms. The average Bonchev–Trinajstić information content (AvgIpc) is 3.07. The van der Waals surface area contributed by atoms with Crippen molar-refractivity contribution in [3.8, 4) is 11.5 Å². The van der Waals surface area contributed by atoms with E-state index >= 15 is 0 Å². The predicted octanol–water partition coefficient (Wildman–Crippen LogP) is 4.59. The van der Waals surface area contributed by atoms with Crippen molar-refractivity contribution in [1.82, 2.24) is 4.90 Å². The Morgan fingerprint density at radius 2 is 1.59 bits per heavy atom. The number of carbonyl (C=O) groups is 2. The first-order chi connectivity index (χ1) is 16.4. The third kappa shape index (κ3) is 4.64. The molecule has 6 nitrogen and oxygen atoms in total. The Morgan fingerprint density at radius 1 is 0.882 bits per heavy atom. The fraction of sp³-hybridized carbons (Fsp3) is 0.185. The van der Waals surface area contributed by atoms with Gasteiger partial charge in [0.1, 0.15) is 23.0 Å². The lowest BCUT2D eigenvalue weighted by Crippen LogP contribution is -2.34. The van der Waals surface area contributed by atoms with Crippen LogP contribution in [0.4, 0.5) is 10.1 Å². The Bertz CT molecular complexity index is 1250. The van der Waals surface area contributed by atoms with Gasteiger partial charge in [0.15, 0.2) is 0 Å². The number of rotatable bonds is 8. The van der Waals surface area contributed by atoms with Crippen molar-refractivity contribution in [2.24, 2.45) is 0 Å². The molecule has 3 aromatic rings. The number of halogens is 1. The molecule has 3 aromatic carbocycles. The summed E-state index contributed by atoms with van der Waals surface area (Å²) in [5.41, 5.74) is 3.28. The highest BCUT2D eigenvalue weighted by molar-refractivity contribution is 6.36. The van der Waals surface area contributed by atoms with Gasteiger partial charge in [0.05, 0.1) is 25.5 Å². The zero-order chi connectivity index (χ0) is 24.2. The van der Waals surface area contributed by atoms with Crippen molar-refractivity contribution >= 4 is 23.1 Å². The molecule has 0 unspecified atom stereocenters. The minimum atomic E-state index is -0.443. The number of benzene rings is 3. The van der Waals surface area contributed by atoms with Gasteiger partial charge < -0.3 is 14.8 Å². The molecule has 0 atom stereocenters. The molecule has 0 saturated heterocycles. The number of hydrogen-bond acceptors (Lipinski definition) is 5. The maximum atomic E-state index is 13.6. The van der Waals surface area contributed by atoms with E-state index in [9.17, 15) is 14.0 Å². The Kier molecular flexibility index (Phi) is 6.63. The highest BCUT2D eigenvalue weighted by Gasteiger charge is 2.39. The van der Waals surface area contributed by atoms with Gasteiger partial charge in [0, 0.05) is 6.54 Å². The molecule has 0 radical (unpaired) electrons. The number of nitrogens with zero attached hydrogens (tertiary/aromatic N) is 1. The SMILES string of the molecule is COc1ccc(CCN2C(=O)C(Nc3cc(C)ccc3OC)=C(c3ccc(F)cc3)C2=O)cc1. The zero-order valence-corrected chi connectivity index (χ0v) is 19.2. The molecule has 0 aliphatic carbocycles. The molecule has 4 rings (SSSR count). The lowest BCUT2D eigenvalue weighted by molar-refractivity contribution is -0.136. The molecule has 1 heterocycles. The summed E-state index contributed by atoms with van der Waals surface area (Å²) >= 11 is 0.